The Hall–Kier alpha value is -3.37. The van der Waals surface area contributed by atoms with E-state index in [1.165, 1.54) is 0 Å². The van der Waals surface area contributed by atoms with Crippen LogP contribution in [0.5, 0.6) is 5.75 Å². The highest BCUT2D eigenvalue weighted by atomic mass is 35.5. The Morgan fingerprint density at radius 3 is 2.41 bits per heavy atom. The topological polar surface area (TPSA) is 56.5 Å². The van der Waals surface area contributed by atoms with E-state index in [-0.39, 0.29) is 23.3 Å². The highest BCUT2D eigenvalue weighted by Crippen LogP contribution is 2.35. The molecule has 4 nitrogen and oxygen atoms in total. The van der Waals surface area contributed by atoms with E-state index in [9.17, 15) is 9.59 Å². The Morgan fingerprint density at radius 1 is 0.966 bits per heavy atom. The maximum Gasteiger partial charge on any atom is 0.343 e. The Labute approximate surface area is 172 Å². The number of carbonyl (C=O) groups is 1. The van der Waals surface area contributed by atoms with Gasteiger partial charge >= 0.3 is 11.6 Å². The van der Waals surface area contributed by atoms with E-state index in [0.29, 0.717) is 16.0 Å². The van der Waals surface area contributed by atoms with Crippen molar-refractivity contribution >= 4 is 28.5 Å². The molecule has 1 heterocycles. The van der Waals surface area contributed by atoms with Crippen molar-refractivity contribution in [1.29, 1.82) is 0 Å². The SMILES string of the molecule is Cc1ccc(C(=O)Oc2c(Cc3ccccc3)c(=O)oc3cccc(Cl)c23)cc1. The van der Waals surface area contributed by atoms with E-state index in [2.05, 4.69) is 0 Å². The van der Waals surface area contributed by atoms with E-state index >= 15 is 0 Å². The van der Waals surface area contributed by atoms with Gasteiger partial charge in [-0.15, -0.1) is 0 Å². The van der Waals surface area contributed by atoms with Crippen LogP contribution in [0.4, 0.5) is 0 Å². The summed E-state index contributed by atoms with van der Waals surface area (Å²) < 4.78 is 11.2. The zero-order valence-corrected chi connectivity index (χ0v) is 16.4. The molecule has 0 fully saturated rings. The van der Waals surface area contributed by atoms with Crippen LogP contribution in [0.2, 0.25) is 5.02 Å². The van der Waals surface area contributed by atoms with Gasteiger partial charge in [-0.25, -0.2) is 9.59 Å². The van der Waals surface area contributed by atoms with Gasteiger partial charge < -0.3 is 9.15 Å². The fourth-order valence-electron chi connectivity index (χ4n) is 3.12. The maximum absolute atomic E-state index is 12.8. The van der Waals surface area contributed by atoms with E-state index in [4.69, 9.17) is 20.8 Å². The largest absolute Gasteiger partial charge is 0.422 e. The van der Waals surface area contributed by atoms with Crippen LogP contribution in [0.25, 0.3) is 11.0 Å². The molecule has 0 N–H and O–H groups in total. The first-order valence-corrected chi connectivity index (χ1v) is 9.47. The zero-order valence-electron chi connectivity index (χ0n) is 15.6. The summed E-state index contributed by atoms with van der Waals surface area (Å²) in [6.45, 7) is 1.93. The van der Waals surface area contributed by atoms with Gasteiger partial charge in [-0.1, -0.05) is 65.7 Å². The van der Waals surface area contributed by atoms with Gasteiger partial charge in [0.05, 0.1) is 21.5 Å². The van der Waals surface area contributed by atoms with Crippen LogP contribution in [-0.2, 0) is 6.42 Å². The van der Waals surface area contributed by atoms with Crippen LogP contribution in [0.1, 0.15) is 27.0 Å². The zero-order chi connectivity index (χ0) is 20.4. The molecule has 0 aliphatic carbocycles. The number of carbonyl (C=O) groups excluding carboxylic acids is 1. The molecule has 0 aliphatic heterocycles. The predicted octanol–water partition coefficient (Wildman–Crippen LogP) is 5.56. The summed E-state index contributed by atoms with van der Waals surface area (Å²) >= 11 is 6.39. The fraction of sp³-hybridized carbons (Fsp3) is 0.0833. The van der Waals surface area contributed by atoms with Crippen LogP contribution < -0.4 is 10.4 Å². The van der Waals surface area contributed by atoms with E-state index < -0.39 is 11.6 Å². The minimum absolute atomic E-state index is 0.135. The molecular weight excluding hydrogens is 388 g/mol. The molecule has 0 radical (unpaired) electrons. The second-order valence-electron chi connectivity index (χ2n) is 6.73. The Morgan fingerprint density at radius 2 is 1.69 bits per heavy atom. The number of ether oxygens (including phenoxy) is 1. The van der Waals surface area contributed by atoms with Gasteiger partial charge in [0.25, 0.3) is 0 Å². The van der Waals surface area contributed by atoms with Crippen molar-refractivity contribution in [2.75, 3.05) is 0 Å². The van der Waals surface area contributed by atoms with Crippen molar-refractivity contribution in [2.24, 2.45) is 0 Å². The van der Waals surface area contributed by atoms with Gasteiger partial charge in [-0.2, -0.15) is 0 Å². The molecule has 144 valence electrons. The molecule has 4 rings (SSSR count). The molecule has 0 spiro atoms. The molecule has 0 amide bonds. The summed E-state index contributed by atoms with van der Waals surface area (Å²) in [6.07, 6.45) is 0.251. The molecule has 0 bridgehead atoms. The number of benzene rings is 3. The van der Waals surface area contributed by atoms with Gasteiger partial charge in [0, 0.05) is 6.42 Å². The lowest BCUT2D eigenvalue weighted by Gasteiger charge is -2.13. The minimum Gasteiger partial charge on any atom is -0.422 e. The lowest BCUT2D eigenvalue weighted by atomic mass is 10.0. The molecule has 3 aromatic carbocycles. The fourth-order valence-corrected chi connectivity index (χ4v) is 3.37. The average molecular weight is 405 g/mol. The van der Waals surface area contributed by atoms with Crippen molar-refractivity contribution < 1.29 is 13.9 Å². The lowest BCUT2D eigenvalue weighted by molar-refractivity contribution is 0.0735. The first-order valence-electron chi connectivity index (χ1n) is 9.10. The number of hydrogen-bond donors (Lipinski definition) is 0. The van der Waals surface area contributed by atoms with Crippen molar-refractivity contribution in [2.45, 2.75) is 13.3 Å². The summed E-state index contributed by atoms with van der Waals surface area (Å²) in [7, 11) is 0. The molecule has 0 aliphatic rings. The van der Waals surface area contributed by atoms with Crippen molar-refractivity contribution in [1.82, 2.24) is 0 Å². The van der Waals surface area contributed by atoms with Crippen molar-refractivity contribution in [3.63, 3.8) is 0 Å². The lowest BCUT2D eigenvalue weighted by Crippen LogP contribution is -2.16. The third-order valence-corrected chi connectivity index (χ3v) is 4.95. The Bertz CT molecular complexity index is 1240. The Balaban J connectivity index is 1.86. The van der Waals surface area contributed by atoms with Gasteiger partial charge in [0.1, 0.15) is 5.58 Å². The average Bonchev–Trinajstić information content (AvgIpc) is 2.71. The number of rotatable bonds is 4. The van der Waals surface area contributed by atoms with Crippen LogP contribution >= 0.6 is 11.6 Å². The molecule has 29 heavy (non-hydrogen) atoms. The molecule has 4 aromatic rings. The molecule has 0 saturated carbocycles. The van der Waals surface area contributed by atoms with E-state index in [1.807, 2.05) is 49.4 Å². The highest BCUT2D eigenvalue weighted by molar-refractivity contribution is 6.36. The molecular formula is C24H17ClO4. The first kappa shape index (κ1) is 19.0. The third-order valence-electron chi connectivity index (χ3n) is 4.63. The summed E-state index contributed by atoms with van der Waals surface area (Å²) in [4.78, 5) is 25.5. The number of halogens is 1. The Kier molecular flexibility index (Phi) is 5.19. The van der Waals surface area contributed by atoms with Gasteiger partial charge in [-0.05, 0) is 36.8 Å². The second kappa shape index (κ2) is 7.94. The van der Waals surface area contributed by atoms with E-state index in [0.717, 1.165) is 11.1 Å². The quantitative estimate of drug-likeness (QED) is 0.330. The minimum atomic E-state index is -0.564. The molecule has 0 atom stereocenters. The van der Waals surface area contributed by atoms with Gasteiger partial charge in [0.2, 0.25) is 0 Å². The van der Waals surface area contributed by atoms with Crippen molar-refractivity contribution in [3.8, 4) is 5.75 Å². The number of fused-ring (bicyclic) bond motifs is 1. The van der Waals surface area contributed by atoms with Crippen LogP contribution in [0.15, 0.2) is 82.0 Å². The third kappa shape index (κ3) is 3.93. The first-order chi connectivity index (χ1) is 14.0. The van der Waals surface area contributed by atoms with Crippen molar-refractivity contribution in [3.05, 3.63) is 110 Å². The summed E-state index contributed by atoms with van der Waals surface area (Å²) in [5.74, 6) is -0.428. The van der Waals surface area contributed by atoms with Crippen LogP contribution in [-0.4, -0.2) is 5.97 Å². The van der Waals surface area contributed by atoms with Gasteiger partial charge in [0.15, 0.2) is 5.75 Å². The summed E-state index contributed by atoms with van der Waals surface area (Å²) in [5, 5.41) is 0.743. The normalized spacial score (nSPS) is 10.8. The molecule has 0 saturated heterocycles. The predicted molar refractivity (Wildman–Crippen MR) is 113 cm³/mol. The summed E-state index contributed by atoms with van der Waals surface area (Å²) in [6, 6.07) is 21.4. The second-order valence-corrected chi connectivity index (χ2v) is 7.14. The smallest absolute Gasteiger partial charge is 0.343 e. The maximum atomic E-state index is 12.8. The monoisotopic (exact) mass is 404 g/mol. The summed E-state index contributed by atoms with van der Waals surface area (Å²) in [5.41, 5.74) is 2.26. The van der Waals surface area contributed by atoms with E-state index in [1.54, 1.807) is 30.3 Å². The number of esters is 1. The number of aryl methyl sites for hydroxylation is 1. The molecule has 0 unspecified atom stereocenters. The molecule has 5 heteroatoms. The molecule has 1 aromatic heterocycles. The van der Waals surface area contributed by atoms with Crippen LogP contribution in [0.3, 0.4) is 0 Å². The van der Waals surface area contributed by atoms with Crippen LogP contribution in [0, 0.1) is 6.92 Å². The number of hydrogen-bond acceptors (Lipinski definition) is 4. The highest BCUT2D eigenvalue weighted by Gasteiger charge is 2.22. The standard InChI is InChI=1S/C24H17ClO4/c1-15-10-12-17(13-11-15)23(26)29-22-18(14-16-6-3-2-4-7-16)24(27)28-20-9-5-8-19(25)21(20)22/h2-13H,14H2,1H3. The van der Waals surface area contributed by atoms with Gasteiger partial charge in [-0.3, -0.25) is 0 Å².